The molecule has 2 rings (SSSR count). The number of aryl methyl sites for hydroxylation is 1. The number of hydrogen-bond donors (Lipinski definition) is 1. The molecule has 0 saturated carbocycles. The van der Waals surface area contributed by atoms with Crippen LogP contribution in [0.3, 0.4) is 0 Å². The predicted octanol–water partition coefficient (Wildman–Crippen LogP) is 0.583. The summed E-state index contributed by atoms with van der Waals surface area (Å²) in [5.41, 5.74) is 0. The summed E-state index contributed by atoms with van der Waals surface area (Å²) in [6.45, 7) is 4.09. The van der Waals surface area contributed by atoms with Crippen LogP contribution in [-0.4, -0.2) is 36.1 Å². The minimum Gasteiger partial charge on any atom is -0.355 e. The Morgan fingerprint density at radius 2 is 2.43 bits per heavy atom. The van der Waals surface area contributed by atoms with Gasteiger partial charge in [0.1, 0.15) is 11.6 Å². The Morgan fingerprint density at radius 3 is 3.07 bits per heavy atom. The van der Waals surface area contributed by atoms with Crippen LogP contribution in [0.4, 0.5) is 5.82 Å². The van der Waals surface area contributed by atoms with Gasteiger partial charge in [-0.15, -0.1) is 0 Å². The maximum Gasteiger partial charge on any atom is 0.132 e. The van der Waals surface area contributed by atoms with Crippen LogP contribution < -0.4 is 10.2 Å². The Morgan fingerprint density at radius 1 is 1.57 bits per heavy atom. The minimum atomic E-state index is 0.573. The second-order valence-corrected chi connectivity index (χ2v) is 3.72. The van der Waals surface area contributed by atoms with Crippen molar-refractivity contribution in [3.05, 3.63) is 18.1 Å². The van der Waals surface area contributed by atoms with Gasteiger partial charge in [0, 0.05) is 25.8 Å². The van der Waals surface area contributed by atoms with E-state index in [0.717, 1.165) is 24.7 Å². The van der Waals surface area contributed by atoms with Gasteiger partial charge in [-0.25, -0.2) is 9.97 Å². The van der Waals surface area contributed by atoms with E-state index in [-0.39, 0.29) is 0 Å². The molecule has 76 valence electrons. The topological polar surface area (TPSA) is 41.1 Å². The largest absolute Gasteiger partial charge is 0.355 e. The number of aromatic nitrogens is 2. The van der Waals surface area contributed by atoms with Gasteiger partial charge in [0.05, 0.1) is 0 Å². The van der Waals surface area contributed by atoms with E-state index in [2.05, 4.69) is 27.2 Å². The zero-order valence-electron chi connectivity index (χ0n) is 8.70. The third-order valence-corrected chi connectivity index (χ3v) is 2.70. The predicted molar refractivity (Wildman–Crippen MR) is 56.4 cm³/mol. The summed E-state index contributed by atoms with van der Waals surface area (Å²) >= 11 is 0. The van der Waals surface area contributed by atoms with Crippen molar-refractivity contribution < 1.29 is 0 Å². The Bertz CT molecular complexity index is 307. The van der Waals surface area contributed by atoms with E-state index >= 15 is 0 Å². The molecule has 2 heterocycles. The highest BCUT2D eigenvalue weighted by Crippen LogP contribution is 2.14. The number of nitrogens with one attached hydrogen (secondary N) is 1. The second kappa shape index (κ2) is 3.92. The highest BCUT2D eigenvalue weighted by Gasteiger charge is 2.19. The molecule has 0 amide bonds. The SMILES string of the molecule is Cc1nccc(N(C)C2CCNC2)n1. The molecule has 14 heavy (non-hydrogen) atoms. The molecule has 4 heteroatoms. The first-order valence-electron chi connectivity index (χ1n) is 5.00. The van der Waals surface area contributed by atoms with Crippen molar-refractivity contribution in [3.8, 4) is 0 Å². The summed E-state index contributed by atoms with van der Waals surface area (Å²) in [6, 6.07) is 2.54. The van der Waals surface area contributed by atoms with Crippen LogP contribution in [0.15, 0.2) is 12.3 Å². The first kappa shape index (κ1) is 9.40. The summed E-state index contributed by atoms with van der Waals surface area (Å²) in [7, 11) is 2.10. The molecule has 1 aromatic heterocycles. The lowest BCUT2D eigenvalue weighted by Gasteiger charge is -2.24. The fourth-order valence-electron chi connectivity index (χ4n) is 1.80. The van der Waals surface area contributed by atoms with Crippen molar-refractivity contribution >= 4 is 5.82 Å². The van der Waals surface area contributed by atoms with Crippen molar-refractivity contribution in [2.75, 3.05) is 25.0 Å². The molecule has 0 radical (unpaired) electrons. The van der Waals surface area contributed by atoms with E-state index in [1.165, 1.54) is 6.42 Å². The average molecular weight is 192 g/mol. The van der Waals surface area contributed by atoms with Gasteiger partial charge in [0.25, 0.3) is 0 Å². The van der Waals surface area contributed by atoms with Gasteiger partial charge in [-0.3, -0.25) is 0 Å². The van der Waals surface area contributed by atoms with Gasteiger partial charge >= 0.3 is 0 Å². The van der Waals surface area contributed by atoms with Gasteiger partial charge in [-0.05, 0) is 26.0 Å². The Hall–Kier alpha value is -1.16. The van der Waals surface area contributed by atoms with E-state index in [0.29, 0.717) is 6.04 Å². The fourth-order valence-corrected chi connectivity index (χ4v) is 1.80. The summed E-state index contributed by atoms with van der Waals surface area (Å²) in [4.78, 5) is 10.7. The molecular formula is C10H16N4. The third kappa shape index (κ3) is 1.85. The molecule has 0 bridgehead atoms. The van der Waals surface area contributed by atoms with Crippen LogP contribution in [0.1, 0.15) is 12.2 Å². The van der Waals surface area contributed by atoms with Crippen molar-refractivity contribution in [1.82, 2.24) is 15.3 Å². The van der Waals surface area contributed by atoms with E-state index in [4.69, 9.17) is 0 Å². The first-order valence-corrected chi connectivity index (χ1v) is 5.00. The van der Waals surface area contributed by atoms with Crippen LogP contribution in [0.5, 0.6) is 0 Å². The van der Waals surface area contributed by atoms with Crippen molar-refractivity contribution in [3.63, 3.8) is 0 Å². The number of nitrogens with zero attached hydrogens (tertiary/aromatic N) is 3. The zero-order valence-corrected chi connectivity index (χ0v) is 8.70. The number of hydrogen-bond acceptors (Lipinski definition) is 4. The zero-order chi connectivity index (χ0) is 9.97. The van der Waals surface area contributed by atoms with E-state index < -0.39 is 0 Å². The second-order valence-electron chi connectivity index (χ2n) is 3.72. The van der Waals surface area contributed by atoms with Crippen LogP contribution in [-0.2, 0) is 0 Å². The van der Waals surface area contributed by atoms with Crippen LogP contribution >= 0.6 is 0 Å². The third-order valence-electron chi connectivity index (χ3n) is 2.70. The lowest BCUT2D eigenvalue weighted by Crippen LogP contribution is -2.34. The molecule has 1 saturated heterocycles. The molecule has 1 N–H and O–H groups in total. The first-order chi connectivity index (χ1) is 6.77. The molecule has 1 aliphatic rings. The van der Waals surface area contributed by atoms with E-state index in [1.807, 2.05) is 19.2 Å². The fraction of sp³-hybridized carbons (Fsp3) is 0.600. The summed E-state index contributed by atoms with van der Waals surface area (Å²) < 4.78 is 0. The quantitative estimate of drug-likeness (QED) is 0.744. The minimum absolute atomic E-state index is 0.573. The molecule has 4 nitrogen and oxygen atoms in total. The Kier molecular flexibility index (Phi) is 2.63. The maximum atomic E-state index is 4.40. The Balaban J connectivity index is 2.13. The highest BCUT2D eigenvalue weighted by molar-refractivity contribution is 5.38. The molecule has 1 fully saturated rings. The lowest BCUT2D eigenvalue weighted by atomic mass is 10.2. The average Bonchev–Trinajstić information content (AvgIpc) is 2.69. The van der Waals surface area contributed by atoms with Gasteiger partial charge in [0.15, 0.2) is 0 Å². The summed E-state index contributed by atoms with van der Waals surface area (Å²) in [6.07, 6.45) is 3.01. The normalized spacial score (nSPS) is 21.1. The molecule has 1 atom stereocenters. The van der Waals surface area contributed by atoms with Crippen molar-refractivity contribution in [2.45, 2.75) is 19.4 Å². The molecule has 0 aromatic carbocycles. The number of likely N-dealkylation sites (N-methyl/N-ethyl adjacent to an activating group) is 1. The monoisotopic (exact) mass is 192 g/mol. The maximum absolute atomic E-state index is 4.40. The summed E-state index contributed by atoms with van der Waals surface area (Å²) in [5.74, 6) is 1.85. The molecule has 1 unspecified atom stereocenters. The van der Waals surface area contributed by atoms with Gasteiger partial charge in [-0.1, -0.05) is 0 Å². The van der Waals surface area contributed by atoms with Crippen LogP contribution in [0, 0.1) is 6.92 Å². The van der Waals surface area contributed by atoms with Crippen LogP contribution in [0.25, 0.3) is 0 Å². The molecule has 1 aliphatic heterocycles. The molecule has 0 aliphatic carbocycles. The standard InChI is InChI=1S/C10H16N4/c1-8-12-6-4-10(13-8)14(2)9-3-5-11-7-9/h4,6,9,11H,3,5,7H2,1-2H3. The Labute approximate surface area is 84.4 Å². The highest BCUT2D eigenvalue weighted by atomic mass is 15.2. The molecule has 1 aromatic rings. The van der Waals surface area contributed by atoms with E-state index in [9.17, 15) is 0 Å². The number of rotatable bonds is 2. The summed E-state index contributed by atoms with van der Waals surface area (Å²) in [5, 5.41) is 3.35. The van der Waals surface area contributed by atoms with Crippen LogP contribution in [0.2, 0.25) is 0 Å². The molecular weight excluding hydrogens is 176 g/mol. The van der Waals surface area contributed by atoms with Crippen molar-refractivity contribution in [1.29, 1.82) is 0 Å². The van der Waals surface area contributed by atoms with Gasteiger partial charge in [0.2, 0.25) is 0 Å². The van der Waals surface area contributed by atoms with Gasteiger partial charge in [-0.2, -0.15) is 0 Å². The van der Waals surface area contributed by atoms with Gasteiger partial charge < -0.3 is 10.2 Å². The smallest absolute Gasteiger partial charge is 0.132 e. The molecule has 0 spiro atoms. The van der Waals surface area contributed by atoms with Crippen molar-refractivity contribution in [2.24, 2.45) is 0 Å². The lowest BCUT2D eigenvalue weighted by molar-refractivity contribution is 0.675. The van der Waals surface area contributed by atoms with E-state index in [1.54, 1.807) is 0 Å². The number of anilines is 1.